The number of ether oxygens (including phenoxy) is 2. The molecule has 0 radical (unpaired) electrons. The third-order valence-electron chi connectivity index (χ3n) is 4.41. The molecule has 0 spiro atoms. The number of hydrogen-bond acceptors (Lipinski definition) is 4. The van der Waals surface area contributed by atoms with Gasteiger partial charge in [0, 0.05) is 26.1 Å². The summed E-state index contributed by atoms with van der Waals surface area (Å²) in [5.41, 5.74) is 2.31. The lowest BCUT2D eigenvalue weighted by atomic mass is 9.92. The highest BCUT2D eigenvalue weighted by Crippen LogP contribution is 2.37. The van der Waals surface area contributed by atoms with Crippen LogP contribution in [0.3, 0.4) is 0 Å². The van der Waals surface area contributed by atoms with Gasteiger partial charge in [0.05, 0.1) is 20.3 Å². The van der Waals surface area contributed by atoms with Crippen LogP contribution in [-0.4, -0.2) is 49.8 Å². The van der Waals surface area contributed by atoms with Crippen LogP contribution < -0.4 is 20.1 Å². The highest BCUT2D eigenvalue weighted by molar-refractivity contribution is 7.80. The molecule has 1 aromatic carbocycles. The summed E-state index contributed by atoms with van der Waals surface area (Å²) < 4.78 is 10.9. The average Bonchev–Trinajstić information content (AvgIpc) is 2.64. The van der Waals surface area contributed by atoms with Crippen LogP contribution >= 0.6 is 12.2 Å². The molecule has 7 heteroatoms. The average molecular weight is 365 g/mol. The summed E-state index contributed by atoms with van der Waals surface area (Å²) in [4.78, 5) is 13.9. The molecule has 138 valence electrons. The van der Waals surface area contributed by atoms with Crippen molar-refractivity contribution in [2.45, 2.75) is 32.7 Å². The van der Waals surface area contributed by atoms with Gasteiger partial charge in [0.2, 0.25) is 5.91 Å². The van der Waals surface area contributed by atoms with E-state index in [9.17, 15) is 4.79 Å². The van der Waals surface area contributed by atoms with Crippen LogP contribution in [0.2, 0.25) is 0 Å². The van der Waals surface area contributed by atoms with E-state index in [0.717, 1.165) is 30.8 Å². The first-order chi connectivity index (χ1) is 12.0. The Bertz CT molecular complexity index is 636. The van der Waals surface area contributed by atoms with Crippen molar-refractivity contribution in [3.05, 3.63) is 23.3 Å². The van der Waals surface area contributed by atoms with E-state index < -0.39 is 0 Å². The molecule has 1 aliphatic rings. The lowest BCUT2D eigenvalue weighted by Crippen LogP contribution is -2.48. The Kier molecular flexibility index (Phi) is 6.87. The third kappa shape index (κ3) is 4.34. The number of benzene rings is 1. The Morgan fingerprint density at radius 3 is 2.52 bits per heavy atom. The van der Waals surface area contributed by atoms with Crippen LogP contribution in [0.5, 0.6) is 11.5 Å². The second-order valence-corrected chi connectivity index (χ2v) is 6.25. The minimum atomic E-state index is -0.0365. The van der Waals surface area contributed by atoms with Crippen molar-refractivity contribution in [2.24, 2.45) is 0 Å². The minimum absolute atomic E-state index is 0.0296. The van der Waals surface area contributed by atoms with Gasteiger partial charge in [0.25, 0.3) is 0 Å². The monoisotopic (exact) mass is 365 g/mol. The lowest BCUT2D eigenvalue weighted by Gasteiger charge is -2.39. The first-order valence-corrected chi connectivity index (χ1v) is 9.02. The number of fused-ring (bicyclic) bond motifs is 1. The number of rotatable bonds is 6. The molecule has 1 atom stereocenters. The molecular formula is C18H27N3O3S. The zero-order chi connectivity index (χ0) is 18.4. The summed E-state index contributed by atoms with van der Waals surface area (Å²) in [6.07, 6.45) is 1.32. The Hall–Kier alpha value is -2.02. The largest absolute Gasteiger partial charge is 0.493 e. The molecule has 2 rings (SSSR count). The lowest BCUT2D eigenvalue weighted by molar-refractivity contribution is -0.121. The molecule has 6 nitrogen and oxygen atoms in total. The molecule has 0 bridgehead atoms. The van der Waals surface area contributed by atoms with E-state index in [1.165, 1.54) is 5.56 Å². The van der Waals surface area contributed by atoms with Crippen LogP contribution in [0.25, 0.3) is 0 Å². The first-order valence-electron chi connectivity index (χ1n) is 8.61. The molecule has 2 N–H and O–H groups in total. The van der Waals surface area contributed by atoms with Gasteiger partial charge in [-0.25, -0.2) is 0 Å². The predicted octanol–water partition coefficient (Wildman–Crippen LogP) is 2.02. The number of thiocarbonyl (C=S) groups is 1. The fraction of sp³-hybridized carbons (Fsp3) is 0.556. The highest BCUT2D eigenvalue weighted by atomic mass is 32.1. The molecule has 25 heavy (non-hydrogen) atoms. The molecule has 0 aliphatic carbocycles. The van der Waals surface area contributed by atoms with Crippen molar-refractivity contribution in [2.75, 3.05) is 33.9 Å². The van der Waals surface area contributed by atoms with Gasteiger partial charge in [0.1, 0.15) is 0 Å². The Labute approximate surface area is 154 Å². The van der Waals surface area contributed by atoms with Crippen molar-refractivity contribution in [1.82, 2.24) is 15.5 Å². The molecule has 0 unspecified atom stereocenters. The molecule has 1 aliphatic heterocycles. The number of nitrogens with one attached hydrogen (secondary N) is 2. The predicted molar refractivity (Wildman–Crippen MR) is 102 cm³/mol. The standard InChI is InChI=1S/C18H27N3O3S/c1-5-17(22)20-11-14-13-10-16(24-4)15(23-3)9-12(13)7-8-21(14)18(25)19-6-2/h9-10,14H,5-8,11H2,1-4H3,(H,19,25)(H,20,22)/t14-/m0/s1. The summed E-state index contributed by atoms with van der Waals surface area (Å²) in [5, 5.41) is 6.92. The fourth-order valence-electron chi connectivity index (χ4n) is 3.08. The third-order valence-corrected chi connectivity index (χ3v) is 4.78. The van der Waals surface area contributed by atoms with E-state index in [-0.39, 0.29) is 11.9 Å². The normalized spacial score (nSPS) is 16.0. The van der Waals surface area contributed by atoms with Gasteiger partial charge in [-0.15, -0.1) is 0 Å². The maximum atomic E-state index is 11.8. The second-order valence-electron chi connectivity index (χ2n) is 5.86. The van der Waals surface area contributed by atoms with Crippen LogP contribution in [-0.2, 0) is 11.2 Å². The smallest absolute Gasteiger partial charge is 0.219 e. The number of carbonyl (C=O) groups excluding carboxylic acids is 1. The van der Waals surface area contributed by atoms with Gasteiger partial charge < -0.3 is 25.0 Å². The van der Waals surface area contributed by atoms with Crippen LogP contribution in [0.15, 0.2) is 12.1 Å². The number of carbonyl (C=O) groups is 1. The molecule has 0 aromatic heterocycles. The van der Waals surface area contributed by atoms with E-state index in [0.29, 0.717) is 23.8 Å². The van der Waals surface area contributed by atoms with Gasteiger partial charge in [-0.05, 0) is 48.8 Å². The first kappa shape index (κ1) is 19.3. The van der Waals surface area contributed by atoms with Crippen molar-refractivity contribution >= 4 is 23.2 Å². The molecule has 1 heterocycles. The van der Waals surface area contributed by atoms with Gasteiger partial charge in [-0.2, -0.15) is 0 Å². The van der Waals surface area contributed by atoms with Crippen LogP contribution in [0, 0.1) is 0 Å². The van der Waals surface area contributed by atoms with Gasteiger partial charge >= 0.3 is 0 Å². The van der Waals surface area contributed by atoms with Crippen molar-refractivity contribution in [3.63, 3.8) is 0 Å². The highest BCUT2D eigenvalue weighted by Gasteiger charge is 2.30. The number of hydrogen-bond donors (Lipinski definition) is 2. The maximum absolute atomic E-state index is 11.8. The van der Waals surface area contributed by atoms with Crippen molar-refractivity contribution < 1.29 is 14.3 Å². The quantitative estimate of drug-likeness (QED) is 0.752. The number of nitrogens with zero attached hydrogens (tertiary/aromatic N) is 1. The van der Waals surface area contributed by atoms with E-state index in [2.05, 4.69) is 15.5 Å². The zero-order valence-corrected chi connectivity index (χ0v) is 16.2. The van der Waals surface area contributed by atoms with Crippen LogP contribution in [0.4, 0.5) is 0 Å². The SMILES string of the molecule is CCNC(=S)N1CCc2cc(OC)c(OC)cc2[C@@H]1CNC(=O)CC. The van der Waals surface area contributed by atoms with E-state index >= 15 is 0 Å². The minimum Gasteiger partial charge on any atom is -0.493 e. The van der Waals surface area contributed by atoms with Crippen molar-refractivity contribution in [3.8, 4) is 11.5 Å². The van der Waals surface area contributed by atoms with E-state index in [1.54, 1.807) is 14.2 Å². The second kappa shape index (κ2) is 8.89. The Morgan fingerprint density at radius 1 is 1.24 bits per heavy atom. The number of amides is 1. The summed E-state index contributed by atoms with van der Waals surface area (Å²) in [6, 6.07) is 3.99. The summed E-state index contributed by atoms with van der Waals surface area (Å²) in [7, 11) is 3.26. The summed E-state index contributed by atoms with van der Waals surface area (Å²) in [6.45, 7) is 5.93. The summed E-state index contributed by atoms with van der Waals surface area (Å²) >= 11 is 5.54. The zero-order valence-electron chi connectivity index (χ0n) is 15.3. The van der Waals surface area contributed by atoms with Gasteiger partial charge in [-0.1, -0.05) is 6.92 Å². The van der Waals surface area contributed by atoms with E-state index in [4.69, 9.17) is 21.7 Å². The van der Waals surface area contributed by atoms with E-state index in [1.807, 2.05) is 26.0 Å². The molecule has 0 fully saturated rings. The fourth-order valence-corrected chi connectivity index (χ4v) is 3.44. The molecule has 1 amide bonds. The topological polar surface area (TPSA) is 62.8 Å². The molecular weight excluding hydrogens is 338 g/mol. The Balaban J connectivity index is 2.39. The molecule has 1 aromatic rings. The number of methoxy groups -OCH3 is 2. The van der Waals surface area contributed by atoms with Crippen LogP contribution in [0.1, 0.15) is 37.4 Å². The maximum Gasteiger partial charge on any atom is 0.219 e. The molecule has 0 saturated carbocycles. The van der Waals surface area contributed by atoms with Gasteiger partial charge in [-0.3, -0.25) is 4.79 Å². The van der Waals surface area contributed by atoms with Crippen molar-refractivity contribution in [1.29, 1.82) is 0 Å². The Morgan fingerprint density at radius 2 is 1.92 bits per heavy atom. The molecule has 0 saturated heterocycles. The summed E-state index contributed by atoms with van der Waals surface area (Å²) in [5.74, 6) is 1.44. The van der Waals surface area contributed by atoms with Gasteiger partial charge in [0.15, 0.2) is 16.6 Å².